The number of thioether (sulfide) groups is 1. The lowest BCUT2D eigenvalue weighted by atomic mass is 10.2. The second kappa shape index (κ2) is 9.94. The van der Waals surface area contributed by atoms with Gasteiger partial charge >= 0.3 is 0 Å². The molecular formula is C19H28N4O3S. The molecule has 1 fully saturated rings. The Morgan fingerprint density at radius 2 is 2.04 bits per heavy atom. The molecule has 0 N–H and O–H groups in total. The van der Waals surface area contributed by atoms with E-state index in [2.05, 4.69) is 14.8 Å². The highest BCUT2D eigenvalue weighted by Crippen LogP contribution is 2.27. The Balaban J connectivity index is 1.71. The molecule has 0 atom stereocenters. The molecule has 7 nitrogen and oxygen atoms in total. The van der Waals surface area contributed by atoms with Gasteiger partial charge in [0.2, 0.25) is 5.91 Å². The van der Waals surface area contributed by atoms with Crippen LogP contribution in [-0.2, 0) is 16.1 Å². The predicted octanol–water partition coefficient (Wildman–Crippen LogP) is 3.38. The number of carbonyl (C=O) groups excluding carboxylic acids is 1. The van der Waals surface area contributed by atoms with Gasteiger partial charge in [0.05, 0.1) is 17.6 Å². The normalized spacial score (nSPS) is 15.1. The number of nitrogens with zero attached hydrogens (tertiary/aromatic N) is 4. The van der Waals surface area contributed by atoms with Gasteiger partial charge in [-0.3, -0.25) is 4.79 Å². The van der Waals surface area contributed by atoms with Crippen LogP contribution in [0.15, 0.2) is 21.9 Å². The lowest BCUT2D eigenvalue weighted by molar-refractivity contribution is -0.128. The van der Waals surface area contributed by atoms with Crippen LogP contribution in [0.1, 0.15) is 37.9 Å². The maximum Gasteiger partial charge on any atom is 0.233 e. The average Bonchev–Trinajstić information content (AvgIpc) is 3.15. The lowest BCUT2D eigenvalue weighted by Gasteiger charge is -2.20. The number of ether oxygens (including phenoxy) is 1. The Morgan fingerprint density at radius 3 is 2.70 bits per heavy atom. The molecule has 27 heavy (non-hydrogen) atoms. The molecule has 3 rings (SSSR count). The van der Waals surface area contributed by atoms with Crippen molar-refractivity contribution in [3.05, 3.63) is 18.1 Å². The standard InChI is InChI=1S/C19H28N4O3S/c1-15-16(8-13-26-15)18-20-21-19(23(18)11-7-12-25-2)27-14-17(24)22-9-5-3-4-6-10-22/h8,13H,3-7,9-12,14H2,1-2H3. The van der Waals surface area contributed by atoms with Gasteiger partial charge < -0.3 is 18.6 Å². The molecule has 0 unspecified atom stereocenters. The van der Waals surface area contributed by atoms with E-state index in [1.165, 1.54) is 24.6 Å². The summed E-state index contributed by atoms with van der Waals surface area (Å²) in [5, 5.41) is 9.49. The smallest absolute Gasteiger partial charge is 0.233 e. The Labute approximate surface area is 164 Å². The first-order valence-corrected chi connectivity index (χ1v) is 10.6. The summed E-state index contributed by atoms with van der Waals surface area (Å²) in [7, 11) is 1.70. The van der Waals surface area contributed by atoms with E-state index in [1.54, 1.807) is 13.4 Å². The topological polar surface area (TPSA) is 73.4 Å². The first-order chi connectivity index (χ1) is 13.2. The predicted molar refractivity (Wildman–Crippen MR) is 105 cm³/mol. The number of aryl methyl sites for hydroxylation is 1. The van der Waals surface area contributed by atoms with Gasteiger partial charge in [-0.15, -0.1) is 10.2 Å². The highest BCUT2D eigenvalue weighted by molar-refractivity contribution is 7.99. The van der Waals surface area contributed by atoms with Gasteiger partial charge in [-0.1, -0.05) is 24.6 Å². The molecule has 0 bridgehead atoms. The molecule has 3 heterocycles. The van der Waals surface area contributed by atoms with Crippen molar-refractivity contribution in [1.82, 2.24) is 19.7 Å². The zero-order chi connectivity index (χ0) is 19.1. The van der Waals surface area contributed by atoms with E-state index in [0.717, 1.165) is 61.2 Å². The van der Waals surface area contributed by atoms with E-state index in [1.807, 2.05) is 17.9 Å². The van der Waals surface area contributed by atoms with Crippen LogP contribution in [0, 0.1) is 6.92 Å². The summed E-state index contributed by atoms with van der Waals surface area (Å²) < 4.78 is 12.7. The molecule has 1 saturated heterocycles. The molecule has 1 amide bonds. The van der Waals surface area contributed by atoms with Gasteiger partial charge in [-0.2, -0.15) is 0 Å². The first-order valence-electron chi connectivity index (χ1n) is 9.58. The number of methoxy groups -OCH3 is 1. The van der Waals surface area contributed by atoms with Crippen LogP contribution in [-0.4, -0.2) is 58.1 Å². The number of rotatable bonds is 8. The fraction of sp³-hybridized carbons (Fsp3) is 0.632. The molecular weight excluding hydrogens is 364 g/mol. The summed E-state index contributed by atoms with van der Waals surface area (Å²) in [6.07, 6.45) is 7.16. The Bertz CT molecular complexity index is 735. The van der Waals surface area contributed by atoms with Crippen LogP contribution in [0.3, 0.4) is 0 Å². The van der Waals surface area contributed by atoms with Gasteiger partial charge in [0.25, 0.3) is 0 Å². The van der Waals surface area contributed by atoms with Crippen molar-refractivity contribution in [2.45, 2.75) is 50.7 Å². The summed E-state index contributed by atoms with van der Waals surface area (Å²) in [5.74, 6) is 2.18. The highest BCUT2D eigenvalue weighted by Gasteiger charge is 2.20. The number of hydrogen-bond acceptors (Lipinski definition) is 6. The monoisotopic (exact) mass is 392 g/mol. The fourth-order valence-corrected chi connectivity index (χ4v) is 4.19. The minimum absolute atomic E-state index is 0.189. The summed E-state index contributed by atoms with van der Waals surface area (Å²) in [4.78, 5) is 14.6. The summed E-state index contributed by atoms with van der Waals surface area (Å²) >= 11 is 1.46. The number of carbonyl (C=O) groups is 1. The van der Waals surface area contributed by atoms with Crippen LogP contribution < -0.4 is 0 Å². The lowest BCUT2D eigenvalue weighted by Crippen LogP contribution is -2.33. The third kappa shape index (κ3) is 5.13. The van der Waals surface area contributed by atoms with Gasteiger partial charge in [0, 0.05) is 33.4 Å². The second-order valence-corrected chi connectivity index (χ2v) is 7.72. The van der Waals surface area contributed by atoms with Crippen LogP contribution >= 0.6 is 11.8 Å². The van der Waals surface area contributed by atoms with Crippen molar-refractivity contribution in [2.75, 3.05) is 32.6 Å². The molecule has 2 aromatic rings. The molecule has 0 aliphatic carbocycles. The summed E-state index contributed by atoms with van der Waals surface area (Å²) in [6, 6.07) is 1.91. The van der Waals surface area contributed by atoms with E-state index < -0.39 is 0 Å². The van der Waals surface area contributed by atoms with E-state index in [9.17, 15) is 4.79 Å². The Morgan fingerprint density at radius 1 is 1.26 bits per heavy atom. The molecule has 0 saturated carbocycles. The number of furan rings is 1. The van der Waals surface area contributed by atoms with Crippen molar-refractivity contribution >= 4 is 17.7 Å². The third-order valence-electron chi connectivity index (χ3n) is 4.83. The molecule has 2 aromatic heterocycles. The molecule has 148 valence electrons. The van der Waals surface area contributed by atoms with Crippen molar-refractivity contribution in [2.24, 2.45) is 0 Å². The molecule has 1 aliphatic rings. The van der Waals surface area contributed by atoms with Crippen LogP contribution in [0.4, 0.5) is 0 Å². The molecule has 0 radical (unpaired) electrons. The SMILES string of the molecule is COCCCn1c(SCC(=O)N2CCCCCC2)nnc1-c1ccoc1C. The zero-order valence-electron chi connectivity index (χ0n) is 16.1. The van der Waals surface area contributed by atoms with Gasteiger partial charge in [-0.25, -0.2) is 0 Å². The van der Waals surface area contributed by atoms with E-state index in [0.29, 0.717) is 12.4 Å². The van der Waals surface area contributed by atoms with E-state index >= 15 is 0 Å². The average molecular weight is 393 g/mol. The highest BCUT2D eigenvalue weighted by atomic mass is 32.2. The first kappa shape index (κ1) is 19.9. The van der Waals surface area contributed by atoms with E-state index in [4.69, 9.17) is 9.15 Å². The second-order valence-electron chi connectivity index (χ2n) is 6.78. The summed E-state index contributed by atoms with van der Waals surface area (Å²) in [6.45, 7) is 5.07. The maximum absolute atomic E-state index is 12.6. The van der Waals surface area contributed by atoms with Crippen molar-refractivity contribution < 1.29 is 13.9 Å². The largest absolute Gasteiger partial charge is 0.469 e. The minimum atomic E-state index is 0.189. The Kier molecular flexibility index (Phi) is 7.34. The zero-order valence-corrected chi connectivity index (χ0v) is 17.0. The van der Waals surface area contributed by atoms with E-state index in [-0.39, 0.29) is 5.91 Å². The van der Waals surface area contributed by atoms with Gasteiger partial charge in [0.1, 0.15) is 5.76 Å². The third-order valence-corrected chi connectivity index (χ3v) is 5.78. The number of likely N-dealkylation sites (tertiary alicyclic amines) is 1. The van der Waals surface area contributed by atoms with Crippen molar-refractivity contribution in [3.63, 3.8) is 0 Å². The number of hydrogen-bond donors (Lipinski definition) is 0. The number of amides is 1. The maximum atomic E-state index is 12.6. The minimum Gasteiger partial charge on any atom is -0.469 e. The Hall–Kier alpha value is -1.80. The molecule has 0 spiro atoms. The van der Waals surface area contributed by atoms with Crippen molar-refractivity contribution in [3.8, 4) is 11.4 Å². The number of aromatic nitrogens is 3. The molecule has 0 aromatic carbocycles. The molecule has 8 heteroatoms. The van der Waals surface area contributed by atoms with Gasteiger partial charge in [-0.05, 0) is 32.3 Å². The van der Waals surface area contributed by atoms with Gasteiger partial charge in [0.15, 0.2) is 11.0 Å². The van der Waals surface area contributed by atoms with Crippen LogP contribution in [0.25, 0.3) is 11.4 Å². The van der Waals surface area contributed by atoms with Crippen LogP contribution in [0.5, 0.6) is 0 Å². The molecule has 1 aliphatic heterocycles. The summed E-state index contributed by atoms with van der Waals surface area (Å²) in [5.41, 5.74) is 0.936. The quantitative estimate of drug-likeness (QED) is 0.506. The fourth-order valence-electron chi connectivity index (χ4n) is 3.32. The van der Waals surface area contributed by atoms with Crippen LogP contribution in [0.2, 0.25) is 0 Å². The van der Waals surface area contributed by atoms with Crippen molar-refractivity contribution in [1.29, 1.82) is 0 Å².